The number of nitrogens with one attached hydrogen (secondary N) is 1. The van der Waals surface area contributed by atoms with Crippen molar-refractivity contribution < 1.29 is 23.5 Å². The molecule has 29 heavy (non-hydrogen) atoms. The van der Waals surface area contributed by atoms with Gasteiger partial charge in [0.05, 0.1) is 17.3 Å². The van der Waals surface area contributed by atoms with Crippen molar-refractivity contribution in [2.75, 3.05) is 19.0 Å². The standard InChI is InChI=1S/C21H16N2O5S/c1-26-19(24)12-27-14-8-6-13(7-9-14)22-20(25)16-10-11-17(28-16)21-23-15-4-2-3-5-18(15)29-21/h2-11H,12H2,1H3,(H,22,25). The topological polar surface area (TPSA) is 90.7 Å². The minimum absolute atomic E-state index is 0.177. The van der Waals surface area contributed by atoms with Crippen LogP contribution in [0, 0.1) is 0 Å². The number of methoxy groups -OCH3 is 1. The third-order valence-corrected chi connectivity index (χ3v) is 5.08. The Labute approximate surface area is 169 Å². The molecule has 146 valence electrons. The number of rotatable bonds is 6. The molecule has 0 bridgehead atoms. The van der Waals surface area contributed by atoms with Crippen molar-refractivity contribution >= 4 is 39.1 Å². The number of para-hydroxylation sites is 1. The molecule has 0 atom stereocenters. The van der Waals surface area contributed by atoms with Gasteiger partial charge in [0, 0.05) is 5.69 Å². The number of esters is 1. The predicted octanol–water partition coefficient (Wildman–Crippen LogP) is 4.36. The summed E-state index contributed by atoms with van der Waals surface area (Å²) in [5.74, 6) is 0.377. The first-order valence-electron chi connectivity index (χ1n) is 8.69. The average Bonchev–Trinajstić information content (AvgIpc) is 3.40. The number of fused-ring (bicyclic) bond motifs is 1. The van der Waals surface area contributed by atoms with Crippen LogP contribution in [0.2, 0.25) is 0 Å². The summed E-state index contributed by atoms with van der Waals surface area (Å²) < 4.78 is 16.5. The molecule has 1 amide bonds. The second-order valence-electron chi connectivity index (χ2n) is 5.99. The van der Waals surface area contributed by atoms with Crippen LogP contribution >= 0.6 is 11.3 Å². The summed E-state index contributed by atoms with van der Waals surface area (Å²) in [5, 5.41) is 3.48. The quantitative estimate of drug-likeness (QED) is 0.477. The molecule has 8 heteroatoms. The van der Waals surface area contributed by atoms with Gasteiger partial charge >= 0.3 is 5.97 Å². The molecular weight excluding hydrogens is 392 g/mol. The van der Waals surface area contributed by atoms with E-state index < -0.39 is 5.97 Å². The number of aromatic nitrogens is 1. The van der Waals surface area contributed by atoms with Gasteiger partial charge in [-0.25, -0.2) is 9.78 Å². The Kier molecular flexibility index (Phi) is 5.26. The molecule has 0 radical (unpaired) electrons. The minimum Gasteiger partial charge on any atom is -0.482 e. The van der Waals surface area contributed by atoms with E-state index >= 15 is 0 Å². The van der Waals surface area contributed by atoms with Crippen molar-refractivity contribution in [1.82, 2.24) is 4.98 Å². The highest BCUT2D eigenvalue weighted by atomic mass is 32.1. The van der Waals surface area contributed by atoms with Crippen LogP contribution in [0.5, 0.6) is 5.75 Å². The summed E-state index contributed by atoms with van der Waals surface area (Å²) in [4.78, 5) is 28.1. The zero-order valence-electron chi connectivity index (χ0n) is 15.4. The van der Waals surface area contributed by atoms with Crippen LogP contribution in [0.15, 0.2) is 65.1 Å². The molecule has 2 aromatic heterocycles. The Morgan fingerprint density at radius 3 is 2.62 bits per heavy atom. The van der Waals surface area contributed by atoms with Gasteiger partial charge in [-0.15, -0.1) is 11.3 Å². The van der Waals surface area contributed by atoms with E-state index in [1.165, 1.54) is 18.4 Å². The van der Waals surface area contributed by atoms with E-state index in [1.807, 2.05) is 24.3 Å². The molecule has 0 aliphatic heterocycles. The molecule has 0 aliphatic rings. The lowest BCUT2D eigenvalue weighted by Gasteiger charge is -2.06. The number of nitrogens with zero attached hydrogens (tertiary/aromatic N) is 1. The number of carbonyl (C=O) groups is 2. The smallest absolute Gasteiger partial charge is 0.343 e. The monoisotopic (exact) mass is 408 g/mol. The fourth-order valence-electron chi connectivity index (χ4n) is 2.58. The highest BCUT2D eigenvalue weighted by Crippen LogP contribution is 2.31. The molecule has 0 saturated heterocycles. The van der Waals surface area contributed by atoms with E-state index in [9.17, 15) is 9.59 Å². The number of anilines is 1. The number of furan rings is 1. The van der Waals surface area contributed by atoms with Crippen LogP contribution in [-0.4, -0.2) is 30.6 Å². The third-order valence-electron chi connectivity index (χ3n) is 4.03. The summed E-state index contributed by atoms with van der Waals surface area (Å²) in [7, 11) is 1.29. The van der Waals surface area contributed by atoms with Crippen LogP contribution in [0.3, 0.4) is 0 Å². The molecule has 0 spiro atoms. The molecule has 0 unspecified atom stereocenters. The maximum Gasteiger partial charge on any atom is 0.343 e. The second kappa shape index (κ2) is 8.15. The van der Waals surface area contributed by atoms with Gasteiger partial charge in [0.15, 0.2) is 23.1 Å². The van der Waals surface area contributed by atoms with Gasteiger partial charge < -0.3 is 19.2 Å². The fourth-order valence-corrected chi connectivity index (χ4v) is 3.51. The summed E-state index contributed by atoms with van der Waals surface area (Å²) in [6.45, 7) is -0.177. The maximum atomic E-state index is 12.5. The molecule has 2 heterocycles. The Hall–Kier alpha value is -3.65. The van der Waals surface area contributed by atoms with Gasteiger partial charge in [-0.05, 0) is 48.5 Å². The van der Waals surface area contributed by atoms with E-state index in [-0.39, 0.29) is 18.3 Å². The largest absolute Gasteiger partial charge is 0.482 e. The first-order valence-corrected chi connectivity index (χ1v) is 9.51. The van der Waals surface area contributed by atoms with Crippen LogP contribution in [-0.2, 0) is 9.53 Å². The summed E-state index contributed by atoms with van der Waals surface area (Å²) in [5.41, 5.74) is 1.46. The molecule has 4 aromatic rings. The van der Waals surface area contributed by atoms with Gasteiger partial charge in [0.25, 0.3) is 5.91 Å². The lowest BCUT2D eigenvalue weighted by Crippen LogP contribution is -2.13. The van der Waals surface area contributed by atoms with Gasteiger partial charge in [-0.3, -0.25) is 4.79 Å². The number of ether oxygens (including phenoxy) is 2. The van der Waals surface area contributed by atoms with Crippen LogP contribution in [0.1, 0.15) is 10.6 Å². The Morgan fingerprint density at radius 1 is 1.07 bits per heavy atom. The van der Waals surface area contributed by atoms with Gasteiger partial charge in [0.2, 0.25) is 0 Å². The first kappa shape index (κ1) is 18.7. The van der Waals surface area contributed by atoms with Gasteiger partial charge in [0.1, 0.15) is 5.75 Å². The first-order chi connectivity index (χ1) is 14.1. The van der Waals surface area contributed by atoms with Crippen LogP contribution in [0.4, 0.5) is 5.69 Å². The lowest BCUT2D eigenvalue weighted by atomic mass is 10.3. The predicted molar refractivity (Wildman–Crippen MR) is 109 cm³/mol. The third kappa shape index (κ3) is 4.27. The lowest BCUT2D eigenvalue weighted by molar-refractivity contribution is -0.142. The van der Waals surface area contributed by atoms with Crippen LogP contribution in [0.25, 0.3) is 21.0 Å². The minimum atomic E-state index is -0.468. The number of amides is 1. The van der Waals surface area contributed by atoms with Crippen molar-refractivity contribution in [3.63, 3.8) is 0 Å². The van der Waals surface area contributed by atoms with Crippen molar-refractivity contribution in [2.24, 2.45) is 0 Å². The SMILES string of the molecule is COC(=O)COc1ccc(NC(=O)c2ccc(-c3nc4ccccc4s3)o2)cc1. The summed E-state index contributed by atoms with van der Waals surface area (Å²) in [6.07, 6.45) is 0. The van der Waals surface area contributed by atoms with E-state index in [0.717, 1.165) is 15.2 Å². The molecular formula is C21H16N2O5S. The van der Waals surface area contributed by atoms with E-state index in [1.54, 1.807) is 36.4 Å². The van der Waals surface area contributed by atoms with Gasteiger partial charge in [-0.1, -0.05) is 12.1 Å². The maximum absolute atomic E-state index is 12.5. The van der Waals surface area contributed by atoms with Gasteiger partial charge in [-0.2, -0.15) is 0 Å². The van der Waals surface area contributed by atoms with Crippen molar-refractivity contribution in [1.29, 1.82) is 0 Å². The Bertz CT molecular complexity index is 1130. The number of benzene rings is 2. The molecule has 0 saturated carbocycles. The van der Waals surface area contributed by atoms with Crippen molar-refractivity contribution in [2.45, 2.75) is 0 Å². The molecule has 2 aromatic carbocycles. The molecule has 0 aliphatic carbocycles. The Morgan fingerprint density at radius 2 is 1.86 bits per heavy atom. The van der Waals surface area contributed by atoms with Crippen LogP contribution < -0.4 is 10.1 Å². The number of carbonyl (C=O) groups excluding carboxylic acids is 2. The summed E-state index contributed by atoms with van der Waals surface area (Å²) >= 11 is 1.51. The van der Waals surface area contributed by atoms with E-state index in [0.29, 0.717) is 17.2 Å². The zero-order chi connectivity index (χ0) is 20.2. The normalized spacial score (nSPS) is 10.7. The number of thiazole rings is 1. The summed E-state index contributed by atoms with van der Waals surface area (Å²) in [6, 6.07) is 17.8. The van der Waals surface area contributed by atoms with Crippen molar-refractivity contribution in [3.8, 4) is 16.5 Å². The molecule has 7 nitrogen and oxygen atoms in total. The molecule has 4 rings (SSSR count). The van der Waals surface area contributed by atoms with E-state index in [4.69, 9.17) is 9.15 Å². The highest BCUT2D eigenvalue weighted by molar-refractivity contribution is 7.21. The Balaban J connectivity index is 1.42. The number of hydrogen-bond donors (Lipinski definition) is 1. The second-order valence-corrected chi connectivity index (χ2v) is 7.02. The number of hydrogen-bond acceptors (Lipinski definition) is 7. The van der Waals surface area contributed by atoms with Crippen molar-refractivity contribution in [3.05, 3.63) is 66.4 Å². The molecule has 1 N–H and O–H groups in total. The van der Waals surface area contributed by atoms with E-state index in [2.05, 4.69) is 15.0 Å². The zero-order valence-corrected chi connectivity index (χ0v) is 16.2. The average molecular weight is 408 g/mol. The fraction of sp³-hybridized carbons (Fsp3) is 0.0952. The molecule has 0 fully saturated rings. The highest BCUT2D eigenvalue weighted by Gasteiger charge is 2.15.